The smallest absolute Gasteiger partial charge is 0.312 e. The van der Waals surface area contributed by atoms with Gasteiger partial charge < -0.3 is 19.9 Å². The van der Waals surface area contributed by atoms with Crippen molar-refractivity contribution in [1.29, 1.82) is 0 Å². The molecule has 0 radical (unpaired) electrons. The van der Waals surface area contributed by atoms with Gasteiger partial charge in [0, 0.05) is 12.5 Å². The fourth-order valence-corrected chi connectivity index (χ4v) is 7.80. The fraction of sp³-hybridized carbons (Fsp3) is 0.714. The molecule has 3 fully saturated rings. The van der Waals surface area contributed by atoms with Crippen molar-refractivity contribution in [1.82, 2.24) is 0 Å². The molecule has 1 amide bonds. The van der Waals surface area contributed by atoms with Crippen molar-refractivity contribution in [3.8, 4) is 5.75 Å². The minimum Gasteiger partial charge on any atom is -0.490 e. The number of carbonyl (C=O) groups excluding carboxylic acids is 2. The lowest BCUT2D eigenvalue weighted by Gasteiger charge is -2.56. The molecular weight excluding hydrogens is 430 g/mol. The van der Waals surface area contributed by atoms with E-state index < -0.39 is 5.91 Å². The normalized spacial score (nSPS) is 35.8. The third-order valence-electron chi connectivity index (χ3n) is 9.92. The molecule has 34 heavy (non-hydrogen) atoms. The summed E-state index contributed by atoms with van der Waals surface area (Å²) in [7, 11) is 1.63. The van der Waals surface area contributed by atoms with Gasteiger partial charge in [0.1, 0.15) is 18.0 Å². The zero-order chi connectivity index (χ0) is 24.3. The van der Waals surface area contributed by atoms with Crippen LogP contribution in [-0.4, -0.2) is 37.8 Å². The van der Waals surface area contributed by atoms with Gasteiger partial charge in [0.15, 0.2) is 0 Å². The van der Waals surface area contributed by atoms with Crippen LogP contribution >= 0.6 is 0 Å². The molecule has 1 heterocycles. The highest BCUT2D eigenvalue weighted by Gasteiger charge is 2.65. The molecule has 4 aliphatic rings. The van der Waals surface area contributed by atoms with Gasteiger partial charge in [-0.3, -0.25) is 9.59 Å². The molecular formula is C28H39NO5. The first kappa shape index (κ1) is 23.7. The lowest BCUT2D eigenvalue weighted by atomic mass is 9.52. The number of ether oxygens (including phenoxy) is 3. The number of aryl methyl sites for hydroxylation is 1. The molecule has 1 aromatic rings. The van der Waals surface area contributed by atoms with E-state index in [4.69, 9.17) is 19.9 Å². The van der Waals surface area contributed by atoms with Crippen molar-refractivity contribution in [2.75, 3.05) is 20.3 Å². The first-order chi connectivity index (χ1) is 16.1. The number of esters is 1. The number of rotatable bonds is 5. The van der Waals surface area contributed by atoms with E-state index in [-0.39, 0.29) is 22.4 Å². The highest BCUT2D eigenvalue weighted by Crippen LogP contribution is 2.67. The van der Waals surface area contributed by atoms with E-state index in [9.17, 15) is 9.59 Å². The highest BCUT2D eigenvalue weighted by molar-refractivity contribution is 5.96. The largest absolute Gasteiger partial charge is 0.490 e. The number of hydrogen-bond acceptors (Lipinski definition) is 5. The molecule has 3 aliphatic carbocycles. The Morgan fingerprint density at radius 2 is 1.88 bits per heavy atom. The topological polar surface area (TPSA) is 87.9 Å². The summed E-state index contributed by atoms with van der Waals surface area (Å²) in [5, 5.41) is 0. The average Bonchev–Trinajstić information content (AvgIpc) is 3.08. The van der Waals surface area contributed by atoms with Gasteiger partial charge in [-0.1, -0.05) is 6.92 Å². The van der Waals surface area contributed by atoms with Crippen LogP contribution in [0.15, 0.2) is 12.1 Å². The van der Waals surface area contributed by atoms with Crippen molar-refractivity contribution in [2.24, 2.45) is 28.4 Å². The van der Waals surface area contributed by atoms with E-state index in [0.29, 0.717) is 42.3 Å². The van der Waals surface area contributed by atoms with E-state index >= 15 is 0 Å². The number of fused-ring (bicyclic) bond motifs is 6. The van der Waals surface area contributed by atoms with Crippen molar-refractivity contribution in [2.45, 2.75) is 83.7 Å². The van der Waals surface area contributed by atoms with E-state index in [2.05, 4.69) is 6.92 Å². The Hall–Kier alpha value is -2.08. The van der Waals surface area contributed by atoms with Crippen molar-refractivity contribution < 1.29 is 23.8 Å². The highest BCUT2D eigenvalue weighted by atomic mass is 16.6. The van der Waals surface area contributed by atoms with Crippen LogP contribution in [-0.2, 0) is 20.7 Å². The van der Waals surface area contributed by atoms with E-state index in [1.54, 1.807) is 7.11 Å². The van der Waals surface area contributed by atoms with Crippen molar-refractivity contribution >= 4 is 11.9 Å². The molecule has 2 N–H and O–H groups in total. The van der Waals surface area contributed by atoms with Crippen molar-refractivity contribution in [3.05, 3.63) is 28.8 Å². The minimum atomic E-state index is -0.449. The van der Waals surface area contributed by atoms with Crippen LogP contribution in [0.4, 0.5) is 0 Å². The number of methoxy groups -OCH3 is 1. The van der Waals surface area contributed by atoms with Crippen LogP contribution in [0.1, 0.15) is 93.1 Å². The van der Waals surface area contributed by atoms with Gasteiger partial charge in [0.25, 0.3) is 5.91 Å². The van der Waals surface area contributed by atoms with Gasteiger partial charge in [0.2, 0.25) is 0 Å². The van der Waals surface area contributed by atoms with Crippen LogP contribution in [0.25, 0.3) is 0 Å². The third-order valence-corrected chi connectivity index (χ3v) is 9.92. The van der Waals surface area contributed by atoms with Gasteiger partial charge in [-0.25, -0.2) is 0 Å². The van der Waals surface area contributed by atoms with Gasteiger partial charge in [-0.05, 0) is 106 Å². The van der Waals surface area contributed by atoms with Crippen molar-refractivity contribution in [3.63, 3.8) is 0 Å². The Bertz CT molecular complexity index is 1000. The molecule has 6 nitrogen and oxygen atoms in total. The van der Waals surface area contributed by atoms with Crippen LogP contribution in [0.3, 0.4) is 0 Å². The number of hydrogen-bond donors (Lipinski definition) is 1. The molecule has 1 aliphatic heterocycles. The Labute approximate surface area is 202 Å². The Morgan fingerprint density at radius 1 is 1.09 bits per heavy atom. The molecule has 6 heteroatoms. The Morgan fingerprint density at radius 3 is 2.59 bits per heavy atom. The van der Waals surface area contributed by atoms with E-state index in [0.717, 1.165) is 51.4 Å². The van der Waals surface area contributed by atoms with Crippen LogP contribution in [0.5, 0.6) is 5.75 Å². The van der Waals surface area contributed by atoms with E-state index in [1.807, 2.05) is 26.0 Å². The first-order valence-corrected chi connectivity index (χ1v) is 12.9. The maximum absolute atomic E-state index is 12.9. The summed E-state index contributed by atoms with van der Waals surface area (Å²) in [4.78, 5) is 25.2. The summed E-state index contributed by atoms with van der Waals surface area (Å²) < 4.78 is 17.3. The lowest BCUT2D eigenvalue weighted by molar-refractivity contribution is -0.206. The summed E-state index contributed by atoms with van der Waals surface area (Å²) in [6.07, 6.45) is 8.16. The third kappa shape index (κ3) is 3.47. The summed E-state index contributed by atoms with van der Waals surface area (Å²) in [5.74, 6) is 1.58. The molecule has 0 aromatic heterocycles. The van der Waals surface area contributed by atoms with Crippen LogP contribution in [0, 0.1) is 22.7 Å². The summed E-state index contributed by atoms with van der Waals surface area (Å²) in [5.41, 5.74) is 8.10. The Balaban J connectivity index is 1.43. The predicted molar refractivity (Wildman–Crippen MR) is 129 cm³/mol. The van der Waals surface area contributed by atoms with Gasteiger partial charge in [-0.2, -0.15) is 0 Å². The second kappa shape index (κ2) is 8.25. The molecule has 1 aromatic carbocycles. The molecule has 0 bridgehead atoms. The van der Waals surface area contributed by atoms with Crippen LogP contribution in [0.2, 0.25) is 0 Å². The minimum absolute atomic E-state index is 0.0214. The molecule has 5 atom stereocenters. The molecule has 2 saturated carbocycles. The quantitative estimate of drug-likeness (QED) is 0.496. The molecule has 1 spiro atoms. The molecule has 1 saturated heterocycles. The predicted octanol–water partition coefficient (Wildman–Crippen LogP) is 4.77. The maximum atomic E-state index is 12.9. The first-order valence-electron chi connectivity index (χ1n) is 12.9. The number of carbonyl (C=O) groups is 2. The van der Waals surface area contributed by atoms with Gasteiger partial charge in [-0.15, -0.1) is 0 Å². The maximum Gasteiger partial charge on any atom is 0.312 e. The number of primary amides is 1. The van der Waals surface area contributed by atoms with Crippen LogP contribution < -0.4 is 10.5 Å². The monoisotopic (exact) mass is 469 g/mol. The second-order valence-corrected chi connectivity index (χ2v) is 11.9. The van der Waals surface area contributed by atoms with Gasteiger partial charge in [0.05, 0.1) is 17.6 Å². The zero-order valence-corrected chi connectivity index (χ0v) is 21.1. The second-order valence-electron chi connectivity index (χ2n) is 11.9. The summed E-state index contributed by atoms with van der Waals surface area (Å²) in [6, 6.07) is 4.05. The molecule has 186 valence electrons. The van der Waals surface area contributed by atoms with Gasteiger partial charge >= 0.3 is 5.97 Å². The zero-order valence-electron chi connectivity index (χ0n) is 21.1. The number of benzene rings is 1. The Kier molecular flexibility index (Phi) is 5.74. The standard InChI is InChI=1S/C28H39NO5/c1-26(2)11-12-28(34-25(26)31)10-8-22-19-6-5-17-15-23(33-14-13-32-4)21(24(29)30)16-20(17)18(19)7-9-27(22,28)3/h15-16,18-19,22H,5-14H2,1-4H3,(H2,29,30)/t18?,19?,22?,27-,28+/m0/s1. The fourth-order valence-electron chi connectivity index (χ4n) is 7.80. The molecule has 3 unspecified atom stereocenters. The van der Waals surface area contributed by atoms with E-state index in [1.165, 1.54) is 11.1 Å². The SMILES string of the molecule is COCCOc1cc2c(cc1C(N)=O)C1CC[C@@]3(C)C(CC[C@@]34CCC(C)(C)C(=O)O4)C1CC2. The molecule has 5 rings (SSSR count). The number of amides is 1. The lowest BCUT2D eigenvalue weighted by Crippen LogP contribution is -2.56. The summed E-state index contributed by atoms with van der Waals surface area (Å²) >= 11 is 0. The number of nitrogens with two attached hydrogens (primary N) is 1. The average molecular weight is 470 g/mol. The summed E-state index contributed by atoms with van der Waals surface area (Å²) in [6.45, 7) is 7.26.